The first-order valence-corrected chi connectivity index (χ1v) is 6.18. The third kappa shape index (κ3) is 3.28. The lowest BCUT2D eigenvalue weighted by molar-refractivity contribution is 0.0470. The summed E-state index contributed by atoms with van der Waals surface area (Å²) in [7, 11) is 0. The Morgan fingerprint density at radius 3 is 2.95 bits per heavy atom. The topological polar surface area (TPSA) is 61.6 Å². The van der Waals surface area contributed by atoms with E-state index in [0.717, 1.165) is 12.8 Å². The van der Waals surface area contributed by atoms with Gasteiger partial charge in [-0.05, 0) is 19.8 Å². The van der Waals surface area contributed by atoms with Gasteiger partial charge in [-0.2, -0.15) is 0 Å². The van der Waals surface area contributed by atoms with Gasteiger partial charge in [0.15, 0.2) is 11.6 Å². The van der Waals surface area contributed by atoms with Crippen molar-refractivity contribution in [3.8, 4) is 0 Å². The van der Waals surface area contributed by atoms with Crippen LogP contribution in [0.15, 0.2) is 4.42 Å². The van der Waals surface area contributed by atoms with Crippen molar-refractivity contribution < 1.29 is 27.5 Å². The monoisotopic (exact) mass is 275 g/mol. The molecule has 1 aromatic rings. The summed E-state index contributed by atoms with van der Waals surface area (Å²) in [5.41, 5.74) is -0.661. The molecule has 7 heteroatoms. The number of halogens is 2. The highest BCUT2D eigenvalue weighted by Crippen LogP contribution is 2.26. The highest BCUT2D eigenvalue weighted by Gasteiger charge is 2.29. The predicted octanol–water partition coefficient (Wildman–Crippen LogP) is 2.51. The molecular formula is C12H15F2NO4. The molecule has 0 saturated carbocycles. The van der Waals surface area contributed by atoms with Crippen LogP contribution in [0, 0.1) is 0 Å². The van der Waals surface area contributed by atoms with Crippen LogP contribution >= 0.6 is 0 Å². The summed E-state index contributed by atoms with van der Waals surface area (Å²) in [4.78, 5) is 15.2. The molecule has 0 radical (unpaired) electrons. The molecule has 2 rings (SSSR count). The summed E-state index contributed by atoms with van der Waals surface area (Å²) in [6, 6.07) is 0. The fraction of sp³-hybridized carbons (Fsp3) is 0.667. The summed E-state index contributed by atoms with van der Waals surface area (Å²) in [5.74, 6) is -1.33. The van der Waals surface area contributed by atoms with Crippen molar-refractivity contribution in [2.24, 2.45) is 0 Å². The molecule has 106 valence electrons. The Kier molecular flexibility index (Phi) is 4.47. The van der Waals surface area contributed by atoms with Gasteiger partial charge in [0.25, 0.3) is 6.43 Å². The first-order valence-electron chi connectivity index (χ1n) is 6.18. The predicted molar refractivity (Wildman–Crippen MR) is 60.1 cm³/mol. The lowest BCUT2D eigenvalue weighted by Gasteiger charge is -2.04. The van der Waals surface area contributed by atoms with Crippen molar-refractivity contribution in [1.29, 1.82) is 0 Å². The summed E-state index contributed by atoms with van der Waals surface area (Å²) in [6.07, 6.45) is -0.904. The van der Waals surface area contributed by atoms with E-state index in [1.807, 2.05) is 0 Å². The van der Waals surface area contributed by atoms with Gasteiger partial charge in [-0.15, -0.1) is 0 Å². The number of hydrogen-bond donors (Lipinski definition) is 0. The molecule has 0 amide bonds. The van der Waals surface area contributed by atoms with Crippen molar-refractivity contribution in [3.05, 3.63) is 17.3 Å². The molecule has 1 aromatic heterocycles. The largest absolute Gasteiger partial charge is 0.460 e. The van der Waals surface area contributed by atoms with E-state index in [2.05, 4.69) is 9.72 Å². The van der Waals surface area contributed by atoms with Crippen molar-refractivity contribution in [2.45, 2.75) is 38.7 Å². The van der Waals surface area contributed by atoms with Crippen LogP contribution in [0.1, 0.15) is 48.3 Å². The summed E-state index contributed by atoms with van der Waals surface area (Å²) in [6.45, 7) is 2.32. The van der Waals surface area contributed by atoms with Gasteiger partial charge in [-0.1, -0.05) is 0 Å². The molecule has 0 aliphatic carbocycles. The minimum Gasteiger partial charge on any atom is -0.460 e. The number of hydrogen-bond acceptors (Lipinski definition) is 5. The molecule has 19 heavy (non-hydrogen) atoms. The summed E-state index contributed by atoms with van der Waals surface area (Å²) in [5, 5.41) is 0. The van der Waals surface area contributed by atoms with Crippen LogP contribution in [0.25, 0.3) is 0 Å². The van der Waals surface area contributed by atoms with E-state index in [1.165, 1.54) is 0 Å². The Balaban J connectivity index is 2.16. The van der Waals surface area contributed by atoms with E-state index in [9.17, 15) is 13.6 Å². The number of oxazole rings is 1. The number of nitrogens with zero attached hydrogens (tertiary/aromatic N) is 1. The Bertz CT molecular complexity index is 441. The van der Waals surface area contributed by atoms with Crippen LogP contribution in [0.4, 0.5) is 8.78 Å². The number of esters is 1. The molecule has 1 saturated heterocycles. The molecule has 0 aromatic carbocycles. The van der Waals surface area contributed by atoms with E-state index in [4.69, 9.17) is 9.15 Å². The fourth-order valence-corrected chi connectivity index (χ4v) is 1.96. The number of carbonyl (C=O) groups excluding carboxylic acids is 1. The van der Waals surface area contributed by atoms with Gasteiger partial charge in [0.1, 0.15) is 0 Å². The Labute approximate surface area is 108 Å². The third-order valence-corrected chi connectivity index (χ3v) is 2.79. The average molecular weight is 275 g/mol. The number of carbonyl (C=O) groups is 1. The smallest absolute Gasteiger partial charge is 0.376 e. The van der Waals surface area contributed by atoms with Gasteiger partial charge in [-0.25, -0.2) is 18.6 Å². The maximum atomic E-state index is 12.8. The van der Waals surface area contributed by atoms with Crippen LogP contribution in [0.5, 0.6) is 0 Å². The number of aromatic nitrogens is 1. The maximum absolute atomic E-state index is 12.8. The lowest BCUT2D eigenvalue weighted by Crippen LogP contribution is -2.09. The Hall–Kier alpha value is -1.50. The standard InChI is InChI=1S/C12H15F2NO4/c1-2-17-12(16)10-9(11(13)14)15-8(19-10)6-7-4-3-5-18-7/h7,11H,2-6H2,1H3. The molecule has 1 aliphatic heterocycles. The summed E-state index contributed by atoms with van der Waals surface area (Å²) < 4.78 is 40.7. The molecule has 1 atom stereocenters. The van der Waals surface area contributed by atoms with Crippen molar-refractivity contribution in [2.75, 3.05) is 13.2 Å². The van der Waals surface area contributed by atoms with E-state index in [1.54, 1.807) is 6.92 Å². The van der Waals surface area contributed by atoms with Crippen LogP contribution in [-0.4, -0.2) is 30.3 Å². The first-order chi connectivity index (χ1) is 9.11. The minimum absolute atomic E-state index is 0.0841. The number of rotatable bonds is 5. The lowest BCUT2D eigenvalue weighted by atomic mass is 10.2. The zero-order valence-corrected chi connectivity index (χ0v) is 10.5. The highest BCUT2D eigenvalue weighted by atomic mass is 19.3. The third-order valence-electron chi connectivity index (χ3n) is 2.79. The van der Waals surface area contributed by atoms with Crippen LogP contribution < -0.4 is 0 Å². The van der Waals surface area contributed by atoms with Gasteiger partial charge in [0.05, 0.1) is 19.1 Å². The molecule has 0 N–H and O–H groups in total. The number of alkyl halides is 2. The zero-order chi connectivity index (χ0) is 13.8. The van der Waals surface area contributed by atoms with E-state index >= 15 is 0 Å². The van der Waals surface area contributed by atoms with Crippen molar-refractivity contribution in [3.63, 3.8) is 0 Å². The van der Waals surface area contributed by atoms with Gasteiger partial charge >= 0.3 is 5.97 Å². The highest BCUT2D eigenvalue weighted by molar-refractivity contribution is 5.87. The van der Waals surface area contributed by atoms with E-state index < -0.39 is 23.8 Å². The average Bonchev–Trinajstić information content (AvgIpc) is 2.99. The molecular weight excluding hydrogens is 260 g/mol. The molecule has 1 aliphatic rings. The summed E-state index contributed by atoms with van der Waals surface area (Å²) >= 11 is 0. The molecule has 0 bridgehead atoms. The fourth-order valence-electron chi connectivity index (χ4n) is 1.96. The SMILES string of the molecule is CCOC(=O)c1oc(CC2CCCO2)nc1C(F)F. The van der Waals surface area contributed by atoms with Crippen LogP contribution in [0.2, 0.25) is 0 Å². The second kappa shape index (κ2) is 6.10. The molecule has 5 nitrogen and oxygen atoms in total. The van der Waals surface area contributed by atoms with Gasteiger partial charge in [-0.3, -0.25) is 0 Å². The second-order valence-corrected chi connectivity index (χ2v) is 4.18. The molecule has 2 heterocycles. The van der Waals surface area contributed by atoms with Crippen LogP contribution in [-0.2, 0) is 15.9 Å². The molecule has 1 fully saturated rings. The van der Waals surface area contributed by atoms with Gasteiger partial charge in [0.2, 0.25) is 5.76 Å². The molecule has 1 unspecified atom stereocenters. The maximum Gasteiger partial charge on any atom is 0.376 e. The first kappa shape index (κ1) is 13.9. The van der Waals surface area contributed by atoms with Crippen molar-refractivity contribution in [1.82, 2.24) is 4.98 Å². The van der Waals surface area contributed by atoms with Crippen LogP contribution in [0.3, 0.4) is 0 Å². The minimum atomic E-state index is -2.87. The Morgan fingerprint density at radius 2 is 2.37 bits per heavy atom. The van der Waals surface area contributed by atoms with E-state index in [-0.39, 0.29) is 18.6 Å². The van der Waals surface area contributed by atoms with Gasteiger partial charge < -0.3 is 13.9 Å². The van der Waals surface area contributed by atoms with Crippen molar-refractivity contribution >= 4 is 5.97 Å². The molecule has 0 spiro atoms. The zero-order valence-electron chi connectivity index (χ0n) is 10.5. The normalized spacial score (nSPS) is 19.1. The second-order valence-electron chi connectivity index (χ2n) is 4.18. The van der Waals surface area contributed by atoms with Gasteiger partial charge in [0, 0.05) is 6.61 Å². The quantitative estimate of drug-likeness (QED) is 0.773. The number of ether oxygens (including phenoxy) is 2. The van der Waals surface area contributed by atoms with E-state index in [0.29, 0.717) is 13.0 Å². The Morgan fingerprint density at radius 1 is 1.58 bits per heavy atom.